The molecule has 30 heavy (non-hydrogen) atoms. The fourth-order valence-electron chi connectivity index (χ4n) is 3.50. The molecule has 0 aliphatic carbocycles. The number of aryl methyl sites for hydroxylation is 1. The van der Waals surface area contributed by atoms with Crippen molar-refractivity contribution >= 4 is 50.7 Å². The van der Waals surface area contributed by atoms with E-state index in [9.17, 15) is 14.4 Å². The quantitative estimate of drug-likeness (QED) is 0.698. The van der Waals surface area contributed by atoms with Crippen molar-refractivity contribution in [3.8, 4) is 0 Å². The predicted molar refractivity (Wildman–Crippen MR) is 122 cm³/mol. The summed E-state index contributed by atoms with van der Waals surface area (Å²) >= 11 is 3.44. The number of nitrogens with one attached hydrogen (secondary N) is 2. The Bertz CT molecular complexity index is 979. The SMILES string of the molecule is Cc1cc(NC(=O)CN(C)CC(=O)N2c3ccccc3NC(=O)C[C@@H]2C)ccc1Br. The lowest BCUT2D eigenvalue weighted by atomic mass is 10.1. The number of amides is 3. The molecular formula is C22H25BrN4O3. The van der Waals surface area contributed by atoms with Gasteiger partial charge in [0.2, 0.25) is 17.7 Å². The number of halogens is 1. The largest absolute Gasteiger partial charge is 0.325 e. The maximum atomic E-state index is 13.1. The predicted octanol–water partition coefficient (Wildman–Crippen LogP) is 3.39. The van der Waals surface area contributed by atoms with Gasteiger partial charge < -0.3 is 15.5 Å². The third-order valence-corrected chi connectivity index (χ3v) is 5.78. The molecule has 3 rings (SSSR count). The van der Waals surface area contributed by atoms with Crippen LogP contribution in [0.15, 0.2) is 46.9 Å². The number of benzene rings is 2. The lowest BCUT2D eigenvalue weighted by Gasteiger charge is -2.29. The molecule has 158 valence electrons. The molecule has 2 aromatic rings. The van der Waals surface area contributed by atoms with Crippen molar-refractivity contribution in [2.24, 2.45) is 0 Å². The van der Waals surface area contributed by atoms with Crippen LogP contribution in [0.5, 0.6) is 0 Å². The first kappa shape index (κ1) is 22.0. The second kappa shape index (κ2) is 9.40. The second-order valence-electron chi connectivity index (χ2n) is 7.57. The molecule has 0 aromatic heterocycles. The van der Waals surface area contributed by atoms with Crippen LogP contribution in [0.3, 0.4) is 0 Å². The van der Waals surface area contributed by atoms with Crippen LogP contribution in [0, 0.1) is 6.92 Å². The summed E-state index contributed by atoms with van der Waals surface area (Å²) in [6.45, 7) is 3.92. The van der Waals surface area contributed by atoms with Crippen LogP contribution in [0.25, 0.3) is 0 Å². The van der Waals surface area contributed by atoms with Crippen LogP contribution in [0.4, 0.5) is 17.1 Å². The van der Waals surface area contributed by atoms with Crippen molar-refractivity contribution in [2.75, 3.05) is 35.7 Å². The highest BCUT2D eigenvalue weighted by Gasteiger charge is 2.30. The molecule has 0 bridgehead atoms. The molecule has 1 aliphatic heterocycles. The van der Waals surface area contributed by atoms with Gasteiger partial charge in [-0.15, -0.1) is 0 Å². The maximum Gasteiger partial charge on any atom is 0.241 e. The lowest BCUT2D eigenvalue weighted by molar-refractivity contribution is -0.121. The number of rotatable bonds is 5. The van der Waals surface area contributed by atoms with Crippen LogP contribution in [0.1, 0.15) is 18.9 Å². The van der Waals surface area contributed by atoms with Crippen molar-refractivity contribution in [3.63, 3.8) is 0 Å². The van der Waals surface area contributed by atoms with E-state index < -0.39 is 0 Å². The summed E-state index contributed by atoms with van der Waals surface area (Å²) in [5, 5.41) is 5.70. The molecule has 1 atom stereocenters. The molecule has 3 amide bonds. The van der Waals surface area contributed by atoms with Crippen LogP contribution < -0.4 is 15.5 Å². The van der Waals surface area contributed by atoms with Crippen LogP contribution >= 0.6 is 15.9 Å². The van der Waals surface area contributed by atoms with Gasteiger partial charge in [-0.25, -0.2) is 0 Å². The van der Waals surface area contributed by atoms with Crippen LogP contribution in [-0.2, 0) is 14.4 Å². The summed E-state index contributed by atoms with van der Waals surface area (Å²) < 4.78 is 0.975. The number of fused-ring (bicyclic) bond motifs is 1. The molecule has 1 aliphatic rings. The topological polar surface area (TPSA) is 81.8 Å². The van der Waals surface area contributed by atoms with Gasteiger partial charge in [0.05, 0.1) is 24.5 Å². The van der Waals surface area contributed by atoms with E-state index in [0.717, 1.165) is 10.0 Å². The highest BCUT2D eigenvalue weighted by atomic mass is 79.9. The molecule has 2 N–H and O–H groups in total. The molecule has 8 heteroatoms. The number of para-hydroxylation sites is 2. The minimum absolute atomic E-state index is 0.0552. The van der Waals surface area contributed by atoms with Gasteiger partial charge in [-0.3, -0.25) is 19.3 Å². The summed E-state index contributed by atoms with van der Waals surface area (Å²) in [4.78, 5) is 40.9. The van der Waals surface area contributed by atoms with Gasteiger partial charge >= 0.3 is 0 Å². The Hall–Kier alpha value is -2.71. The minimum atomic E-state index is -0.283. The Kier molecular flexibility index (Phi) is 6.89. The van der Waals surface area contributed by atoms with Gasteiger partial charge in [0.25, 0.3) is 0 Å². The average molecular weight is 473 g/mol. The first-order valence-electron chi connectivity index (χ1n) is 9.70. The van der Waals surface area contributed by atoms with Crippen LogP contribution in [-0.4, -0.2) is 48.8 Å². The summed E-state index contributed by atoms with van der Waals surface area (Å²) in [5.74, 6) is -0.489. The van der Waals surface area contributed by atoms with Crippen molar-refractivity contribution in [1.82, 2.24) is 4.90 Å². The Morgan fingerprint density at radius 3 is 2.70 bits per heavy atom. The Labute approximate surface area is 184 Å². The molecule has 0 radical (unpaired) electrons. The van der Waals surface area contributed by atoms with Gasteiger partial charge in [-0.05, 0) is 56.8 Å². The van der Waals surface area contributed by atoms with Crippen molar-refractivity contribution in [3.05, 3.63) is 52.5 Å². The Morgan fingerprint density at radius 1 is 1.23 bits per heavy atom. The first-order valence-corrected chi connectivity index (χ1v) is 10.5. The van der Waals surface area contributed by atoms with Crippen molar-refractivity contribution in [2.45, 2.75) is 26.3 Å². The highest BCUT2D eigenvalue weighted by molar-refractivity contribution is 9.10. The normalized spacial score (nSPS) is 16.0. The first-order chi connectivity index (χ1) is 14.2. The van der Waals surface area contributed by atoms with Gasteiger partial charge in [0.15, 0.2) is 0 Å². The Balaban J connectivity index is 1.65. The van der Waals surface area contributed by atoms with E-state index in [2.05, 4.69) is 26.6 Å². The number of likely N-dealkylation sites (N-methyl/N-ethyl adjacent to an activating group) is 1. The number of carbonyl (C=O) groups is 3. The number of carbonyl (C=O) groups excluding carboxylic acids is 3. The zero-order chi connectivity index (χ0) is 21.8. The standard InChI is InChI=1S/C22H25BrN4O3/c1-14-10-16(8-9-17(14)23)24-21(29)12-26(3)13-22(30)27-15(2)11-20(28)25-18-6-4-5-7-19(18)27/h4-10,15H,11-13H2,1-3H3,(H,24,29)(H,25,28)/t15-/m0/s1. The van der Waals surface area contributed by atoms with Crippen molar-refractivity contribution in [1.29, 1.82) is 0 Å². The van der Waals surface area contributed by atoms with E-state index in [-0.39, 0.29) is 43.3 Å². The molecular weight excluding hydrogens is 448 g/mol. The monoisotopic (exact) mass is 472 g/mol. The molecule has 7 nitrogen and oxygen atoms in total. The number of hydrogen-bond donors (Lipinski definition) is 2. The summed E-state index contributed by atoms with van der Waals surface area (Å²) in [5.41, 5.74) is 3.02. The summed E-state index contributed by atoms with van der Waals surface area (Å²) in [6.07, 6.45) is 0.216. The van der Waals surface area contributed by atoms with Crippen LogP contribution in [0.2, 0.25) is 0 Å². The maximum absolute atomic E-state index is 13.1. The van der Waals surface area contributed by atoms with Gasteiger partial charge in [-0.2, -0.15) is 0 Å². The molecule has 0 spiro atoms. The second-order valence-corrected chi connectivity index (χ2v) is 8.42. The van der Waals surface area contributed by atoms with Gasteiger partial charge in [-0.1, -0.05) is 28.1 Å². The van der Waals surface area contributed by atoms with Gasteiger partial charge in [0, 0.05) is 22.6 Å². The smallest absolute Gasteiger partial charge is 0.241 e. The fourth-order valence-corrected chi connectivity index (χ4v) is 3.75. The fraction of sp³-hybridized carbons (Fsp3) is 0.318. The number of hydrogen-bond acceptors (Lipinski definition) is 4. The highest BCUT2D eigenvalue weighted by Crippen LogP contribution is 2.31. The summed E-state index contributed by atoms with van der Waals surface area (Å²) in [6, 6.07) is 12.5. The zero-order valence-electron chi connectivity index (χ0n) is 17.2. The molecule has 0 fully saturated rings. The van der Waals surface area contributed by atoms with E-state index in [1.54, 1.807) is 22.9 Å². The van der Waals surface area contributed by atoms with E-state index in [4.69, 9.17) is 0 Å². The summed E-state index contributed by atoms with van der Waals surface area (Å²) in [7, 11) is 1.72. The third-order valence-electron chi connectivity index (χ3n) is 4.89. The minimum Gasteiger partial charge on any atom is -0.325 e. The lowest BCUT2D eigenvalue weighted by Crippen LogP contribution is -2.45. The van der Waals surface area contributed by atoms with E-state index in [0.29, 0.717) is 17.1 Å². The molecule has 2 aromatic carbocycles. The van der Waals surface area contributed by atoms with E-state index in [1.165, 1.54) is 0 Å². The molecule has 0 unspecified atom stereocenters. The van der Waals surface area contributed by atoms with E-state index in [1.807, 2.05) is 50.2 Å². The average Bonchev–Trinajstić information content (AvgIpc) is 2.78. The third kappa shape index (κ3) is 5.25. The molecule has 0 saturated heterocycles. The molecule has 1 heterocycles. The van der Waals surface area contributed by atoms with Crippen molar-refractivity contribution < 1.29 is 14.4 Å². The number of nitrogens with zero attached hydrogens (tertiary/aromatic N) is 2. The molecule has 0 saturated carbocycles. The van der Waals surface area contributed by atoms with Gasteiger partial charge in [0.1, 0.15) is 0 Å². The van der Waals surface area contributed by atoms with E-state index >= 15 is 0 Å². The Morgan fingerprint density at radius 2 is 1.97 bits per heavy atom. The zero-order valence-corrected chi connectivity index (χ0v) is 18.8. The number of anilines is 3.